The maximum absolute atomic E-state index is 12.6. The number of hydrogen-bond donors (Lipinski definition) is 5. The minimum absolute atomic E-state index is 0.103. The second-order valence-corrected chi connectivity index (χ2v) is 10.9. The number of pyridine rings is 1. The Morgan fingerprint density at radius 2 is 1.98 bits per heavy atom. The number of nitrogens with one attached hydrogen (secondary N) is 4. The SMILES string of the molecule is CCc1c(NCC(NC(=O)Nc2cccc(C(=O)OC)c2)C(=O)O)ncnc1N1CCC(c2ccc3c(n2)NCCC3)CC1. The third-order valence-electron chi connectivity index (χ3n) is 8.02. The predicted octanol–water partition coefficient (Wildman–Crippen LogP) is 3.65. The van der Waals surface area contributed by atoms with E-state index in [-0.39, 0.29) is 12.1 Å². The van der Waals surface area contributed by atoms with Gasteiger partial charge in [0.05, 0.1) is 12.7 Å². The molecule has 13 heteroatoms. The number of aromatic nitrogens is 3. The number of ether oxygens (including phenoxy) is 1. The van der Waals surface area contributed by atoms with Crippen LogP contribution in [0.2, 0.25) is 0 Å². The molecule has 1 fully saturated rings. The van der Waals surface area contributed by atoms with Crippen LogP contribution in [0.4, 0.5) is 27.9 Å². The van der Waals surface area contributed by atoms with Crippen molar-refractivity contribution >= 4 is 41.1 Å². The number of urea groups is 1. The lowest BCUT2D eigenvalue weighted by atomic mass is 9.92. The van der Waals surface area contributed by atoms with Gasteiger partial charge in [-0.3, -0.25) is 0 Å². The van der Waals surface area contributed by atoms with Crippen molar-refractivity contribution in [2.75, 3.05) is 54.1 Å². The fourth-order valence-corrected chi connectivity index (χ4v) is 5.68. The normalized spacial score (nSPS) is 15.4. The van der Waals surface area contributed by atoms with E-state index in [1.54, 1.807) is 18.2 Å². The molecule has 4 heterocycles. The molecule has 1 saturated heterocycles. The fourth-order valence-electron chi connectivity index (χ4n) is 5.68. The van der Waals surface area contributed by atoms with E-state index in [0.717, 1.165) is 68.2 Å². The molecule has 2 amide bonds. The Balaban J connectivity index is 1.20. The van der Waals surface area contributed by atoms with Gasteiger partial charge in [-0.05, 0) is 61.9 Å². The van der Waals surface area contributed by atoms with Crippen molar-refractivity contribution in [1.29, 1.82) is 0 Å². The molecule has 5 rings (SSSR count). The number of carbonyl (C=O) groups is 3. The highest BCUT2D eigenvalue weighted by Gasteiger charge is 2.27. The molecule has 2 aliphatic heterocycles. The van der Waals surface area contributed by atoms with E-state index in [1.165, 1.54) is 25.1 Å². The second-order valence-electron chi connectivity index (χ2n) is 10.9. The maximum Gasteiger partial charge on any atom is 0.337 e. The number of carbonyl (C=O) groups excluding carboxylic acids is 2. The number of piperidine rings is 1. The Morgan fingerprint density at radius 3 is 2.73 bits per heavy atom. The Bertz CT molecular complexity index is 1510. The van der Waals surface area contributed by atoms with Crippen LogP contribution in [0.3, 0.4) is 0 Å². The molecule has 0 aliphatic carbocycles. The first-order valence-corrected chi connectivity index (χ1v) is 14.9. The number of benzene rings is 1. The standard InChI is InChI=1S/C31H38N8O5/c1-3-23-27(33-17-25(29(40)41)38-31(43)36-22-8-4-6-21(16-22)30(42)44-2)34-18-35-28(23)39-14-11-19(12-15-39)24-10-9-20-7-5-13-32-26(20)37-24/h4,6,8-10,16,18-19,25H,3,5,7,11-15,17H2,1-2H3,(H,32,37)(H,40,41)(H,33,34,35)(H2,36,38,43). The summed E-state index contributed by atoms with van der Waals surface area (Å²) in [5.74, 6) is 0.992. The van der Waals surface area contributed by atoms with Crippen LogP contribution in [0.15, 0.2) is 42.7 Å². The van der Waals surface area contributed by atoms with E-state index < -0.39 is 24.0 Å². The van der Waals surface area contributed by atoms with Crippen molar-refractivity contribution < 1.29 is 24.2 Å². The summed E-state index contributed by atoms with van der Waals surface area (Å²) >= 11 is 0. The number of amides is 2. The summed E-state index contributed by atoms with van der Waals surface area (Å²) in [6.07, 6.45) is 6.22. The van der Waals surface area contributed by atoms with Crippen molar-refractivity contribution in [2.45, 2.75) is 51.0 Å². The maximum atomic E-state index is 12.6. The van der Waals surface area contributed by atoms with Gasteiger partial charge in [-0.25, -0.2) is 29.3 Å². The average Bonchev–Trinajstić information content (AvgIpc) is 3.05. The first-order chi connectivity index (χ1) is 21.4. The molecule has 1 unspecified atom stereocenters. The number of anilines is 4. The molecule has 3 aromatic rings. The van der Waals surface area contributed by atoms with Crippen molar-refractivity contribution in [3.63, 3.8) is 0 Å². The lowest BCUT2D eigenvalue weighted by molar-refractivity contribution is -0.138. The Hall–Kier alpha value is -4.94. The second kappa shape index (κ2) is 14.0. The quantitative estimate of drug-likeness (QED) is 0.215. The van der Waals surface area contributed by atoms with Crippen LogP contribution in [-0.4, -0.2) is 77.4 Å². The van der Waals surface area contributed by atoms with E-state index in [2.05, 4.69) is 48.3 Å². The molecule has 0 bridgehead atoms. The summed E-state index contributed by atoms with van der Waals surface area (Å²) in [6, 6.07) is 8.55. The number of fused-ring (bicyclic) bond motifs is 1. The van der Waals surface area contributed by atoms with E-state index in [9.17, 15) is 19.5 Å². The predicted molar refractivity (Wildman–Crippen MR) is 166 cm³/mol. The first-order valence-electron chi connectivity index (χ1n) is 14.9. The zero-order valence-electron chi connectivity index (χ0n) is 24.9. The highest BCUT2D eigenvalue weighted by Crippen LogP contribution is 2.33. The largest absolute Gasteiger partial charge is 0.480 e. The van der Waals surface area contributed by atoms with E-state index in [0.29, 0.717) is 23.8 Å². The van der Waals surface area contributed by atoms with Crippen molar-refractivity contribution in [1.82, 2.24) is 20.3 Å². The van der Waals surface area contributed by atoms with Crippen LogP contribution >= 0.6 is 0 Å². The van der Waals surface area contributed by atoms with Crippen LogP contribution in [-0.2, 0) is 22.4 Å². The third kappa shape index (κ3) is 7.16. The number of hydrogen-bond acceptors (Lipinski definition) is 10. The third-order valence-corrected chi connectivity index (χ3v) is 8.02. The molecule has 0 saturated carbocycles. The molecule has 13 nitrogen and oxygen atoms in total. The van der Waals surface area contributed by atoms with E-state index >= 15 is 0 Å². The molecule has 2 aliphatic rings. The zero-order valence-corrected chi connectivity index (χ0v) is 24.9. The highest BCUT2D eigenvalue weighted by molar-refractivity contribution is 5.95. The van der Waals surface area contributed by atoms with Gasteiger partial charge in [0.25, 0.3) is 0 Å². The number of carboxylic acid groups (broad SMARTS) is 1. The van der Waals surface area contributed by atoms with Gasteiger partial charge in [-0.2, -0.15) is 0 Å². The minimum Gasteiger partial charge on any atom is -0.480 e. The molecule has 0 radical (unpaired) electrons. The van der Waals surface area contributed by atoms with Gasteiger partial charge in [0.2, 0.25) is 0 Å². The van der Waals surface area contributed by atoms with Crippen molar-refractivity contribution in [3.05, 3.63) is 65.1 Å². The van der Waals surface area contributed by atoms with Gasteiger partial charge < -0.3 is 36.0 Å². The number of carboxylic acids is 1. The highest BCUT2D eigenvalue weighted by atomic mass is 16.5. The van der Waals surface area contributed by atoms with Gasteiger partial charge in [-0.1, -0.05) is 19.1 Å². The summed E-state index contributed by atoms with van der Waals surface area (Å²) in [7, 11) is 1.26. The number of nitrogens with zero attached hydrogens (tertiary/aromatic N) is 4. The zero-order chi connectivity index (χ0) is 31.1. The van der Waals surface area contributed by atoms with Crippen LogP contribution in [0, 0.1) is 0 Å². The minimum atomic E-state index is -1.25. The first kappa shape index (κ1) is 30.5. The molecule has 0 spiro atoms. The van der Waals surface area contributed by atoms with Gasteiger partial charge >= 0.3 is 18.0 Å². The Morgan fingerprint density at radius 1 is 1.16 bits per heavy atom. The van der Waals surface area contributed by atoms with Crippen molar-refractivity contribution in [3.8, 4) is 0 Å². The molecule has 2 aromatic heterocycles. The van der Waals surface area contributed by atoms with E-state index in [1.807, 2.05) is 6.92 Å². The molecule has 44 heavy (non-hydrogen) atoms. The number of aryl methyl sites for hydroxylation is 1. The number of esters is 1. The van der Waals surface area contributed by atoms with Gasteiger partial charge in [0, 0.05) is 49.0 Å². The van der Waals surface area contributed by atoms with Gasteiger partial charge in [0.1, 0.15) is 29.8 Å². The lowest BCUT2D eigenvalue weighted by Gasteiger charge is -2.34. The smallest absolute Gasteiger partial charge is 0.337 e. The number of methoxy groups -OCH3 is 1. The van der Waals surface area contributed by atoms with Crippen LogP contribution < -0.4 is 26.2 Å². The lowest BCUT2D eigenvalue weighted by Crippen LogP contribution is -2.47. The van der Waals surface area contributed by atoms with Crippen LogP contribution in [0.1, 0.15) is 59.3 Å². The van der Waals surface area contributed by atoms with Gasteiger partial charge in [0.15, 0.2) is 0 Å². The summed E-state index contributed by atoms with van der Waals surface area (Å²) in [4.78, 5) is 52.5. The summed E-state index contributed by atoms with van der Waals surface area (Å²) in [6.45, 7) is 4.50. The Labute approximate surface area is 255 Å². The fraction of sp³-hybridized carbons (Fsp3) is 0.419. The topological polar surface area (TPSA) is 171 Å². The molecule has 1 atom stereocenters. The molecular weight excluding hydrogens is 564 g/mol. The Kier molecular flexibility index (Phi) is 9.72. The summed E-state index contributed by atoms with van der Waals surface area (Å²) < 4.78 is 4.70. The van der Waals surface area contributed by atoms with Crippen LogP contribution in [0.5, 0.6) is 0 Å². The monoisotopic (exact) mass is 602 g/mol. The molecular formula is C31H38N8O5. The number of rotatable bonds is 10. The van der Waals surface area contributed by atoms with Gasteiger partial charge in [-0.15, -0.1) is 0 Å². The summed E-state index contributed by atoms with van der Waals surface area (Å²) in [5.41, 5.74) is 3.88. The molecule has 232 valence electrons. The van der Waals surface area contributed by atoms with Crippen molar-refractivity contribution in [2.24, 2.45) is 0 Å². The molecule has 1 aromatic carbocycles. The average molecular weight is 603 g/mol. The van der Waals surface area contributed by atoms with Crippen LogP contribution in [0.25, 0.3) is 0 Å². The van der Waals surface area contributed by atoms with E-state index in [4.69, 9.17) is 9.72 Å². The molecule has 5 N–H and O–H groups in total. The summed E-state index contributed by atoms with van der Waals surface area (Å²) in [5, 5.41) is 21.4. The number of aliphatic carboxylic acids is 1.